The number of nitrogens with zero attached hydrogens (tertiary/aromatic N) is 1. The lowest BCUT2D eigenvalue weighted by atomic mass is 10.1. The summed E-state index contributed by atoms with van der Waals surface area (Å²) >= 11 is 0. The van der Waals surface area contributed by atoms with Gasteiger partial charge in [-0.15, -0.1) is 0 Å². The van der Waals surface area contributed by atoms with Crippen molar-refractivity contribution in [2.75, 3.05) is 46.1 Å². The maximum absolute atomic E-state index is 5.67. The van der Waals surface area contributed by atoms with Crippen LogP contribution >= 0.6 is 0 Å². The van der Waals surface area contributed by atoms with Crippen LogP contribution in [0.1, 0.15) is 39.5 Å². The second kappa shape index (κ2) is 12.0. The van der Waals surface area contributed by atoms with Crippen molar-refractivity contribution in [3.05, 3.63) is 0 Å². The molecule has 0 aliphatic carbocycles. The summed E-state index contributed by atoms with van der Waals surface area (Å²) in [6.07, 6.45) is 4.49. The van der Waals surface area contributed by atoms with Gasteiger partial charge in [-0.3, -0.25) is 4.99 Å². The molecule has 1 heterocycles. The molecule has 1 saturated heterocycles. The summed E-state index contributed by atoms with van der Waals surface area (Å²) in [5.41, 5.74) is 0. The third kappa shape index (κ3) is 8.38. The Morgan fingerprint density at radius 3 is 2.90 bits per heavy atom. The first kappa shape index (κ1) is 17.2. The molecule has 1 rings (SSSR count). The molecule has 1 fully saturated rings. The van der Waals surface area contributed by atoms with E-state index in [-0.39, 0.29) is 0 Å². The number of ether oxygens (including phenoxy) is 2. The summed E-state index contributed by atoms with van der Waals surface area (Å²) < 4.78 is 11.0. The highest BCUT2D eigenvalue weighted by Gasteiger charge is 2.14. The van der Waals surface area contributed by atoms with E-state index in [4.69, 9.17) is 9.47 Å². The molecule has 5 nitrogen and oxygen atoms in total. The number of guanidine groups is 1. The highest BCUT2D eigenvalue weighted by Crippen LogP contribution is 2.12. The first-order valence-corrected chi connectivity index (χ1v) is 8.04. The molecule has 0 aromatic carbocycles. The van der Waals surface area contributed by atoms with Crippen LogP contribution < -0.4 is 10.6 Å². The van der Waals surface area contributed by atoms with Crippen LogP contribution in [0, 0.1) is 5.92 Å². The van der Waals surface area contributed by atoms with Crippen molar-refractivity contribution >= 4 is 5.96 Å². The number of hydrogen-bond donors (Lipinski definition) is 2. The minimum atomic E-state index is 0.603. The molecule has 0 bridgehead atoms. The second-order valence-electron chi connectivity index (χ2n) is 5.20. The lowest BCUT2D eigenvalue weighted by Crippen LogP contribution is -2.37. The quantitative estimate of drug-likeness (QED) is 0.365. The number of nitrogens with one attached hydrogen (secondary N) is 2. The van der Waals surface area contributed by atoms with E-state index in [1.165, 1.54) is 12.8 Å². The Kier molecular flexibility index (Phi) is 10.3. The predicted molar refractivity (Wildman–Crippen MR) is 83.3 cm³/mol. The van der Waals surface area contributed by atoms with Gasteiger partial charge in [0.05, 0.1) is 13.2 Å². The Morgan fingerprint density at radius 2 is 2.20 bits per heavy atom. The number of aliphatic imine (C=N–C) groups is 1. The maximum atomic E-state index is 5.67. The van der Waals surface area contributed by atoms with E-state index in [1.54, 1.807) is 0 Å². The Balaban J connectivity index is 2.03. The third-order valence-electron chi connectivity index (χ3n) is 3.26. The number of unbranched alkanes of at least 4 members (excludes halogenated alkanes) is 1. The normalized spacial score (nSPS) is 19.3. The highest BCUT2D eigenvalue weighted by molar-refractivity contribution is 5.79. The fraction of sp³-hybridized carbons (Fsp3) is 0.933. The number of hydrogen-bond acceptors (Lipinski definition) is 3. The van der Waals surface area contributed by atoms with E-state index < -0.39 is 0 Å². The average molecular weight is 285 g/mol. The summed E-state index contributed by atoms with van der Waals surface area (Å²) in [7, 11) is 0. The van der Waals surface area contributed by atoms with E-state index in [1.807, 2.05) is 0 Å². The van der Waals surface area contributed by atoms with E-state index >= 15 is 0 Å². The van der Waals surface area contributed by atoms with Crippen LogP contribution in [0.4, 0.5) is 0 Å². The van der Waals surface area contributed by atoms with Crippen LogP contribution in [0.25, 0.3) is 0 Å². The van der Waals surface area contributed by atoms with Crippen LogP contribution in [-0.4, -0.2) is 52.0 Å². The summed E-state index contributed by atoms with van der Waals surface area (Å²) in [5, 5.41) is 6.60. The molecule has 0 radical (unpaired) electrons. The van der Waals surface area contributed by atoms with Crippen molar-refractivity contribution in [1.82, 2.24) is 10.6 Å². The van der Waals surface area contributed by atoms with Gasteiger partial charge >= 0.3 is 0 Å². The van der Waals surface area contributed by atoms with E-state index in [2.05, 4.69) is 29.5 Å². The van der Waals surface area contributed by atoms with Crippen molar-refractivity contribution < 1.29 is 9.47 Å². The fourth-order valence-corrected chi connectivity index (χ4v) is 2.05. The minimum absolute atomic E-state index is 0.603. The molecule has 0 spiro atoms. The van der Waals surface area contributed by atoms with Gasteiger partial charge in [0.2, 0.25) is 0 Å². The smallest absolute Gasteiger partial charge is 0.191 e. The second-order valence-corrected chi connectivity index (χ2v) is 5.20. The molecule has 2 N–H and O–H groups in total. The Morgan fingerprint density at radius 1 is 1.30 bits per heavy atom. The topological polar surface area (TPSA) is 54.9 Å². The van der Waals surface area contributed by atoms with Gasteiger partial charge in [-0.2, -0.15) is 0 Å². The van der Waals surface area contributed by atoms with Crippen LogP contribution in [0.5, 0.6) is 0 Å². The zero-order valence-corrected chi connectivity index (χ0v) is 13.1. The van der Waals surface area contributed by atoms with E-state index in [0.29, 0.717) is 5.92 Å². The Hall–Kier alpha value is -0.810. The van der Waals surface area contributed by atoms with Gasteiger partial charge in [0.25, 0.3) is 0 Å². The molecule has 1 aliphatic rings. The van der Waals surface area contributed by atoms with Crippen molar-refractivity contribution in [1.29, 1.82) is 0 Å². The minimum Gasteiger partial charge on any atom is -0.381 e. The SMILES string of the molecule is CCCCNC(=NCCCOCC1CCOC1)NCC. The summed E-state index contributed by atoms with van der Waals surface area (Å²) in [6.45, 7) is 10.4. The molecule has 5 heteroatoms. The molecule has 0 aromatic rings. The van der Waals surface area contributed by atoms with E-state index in [9.17, 15) is 0 Å². The third-order valence-corrected chi connectivity index (χ3v) is 3.26. The predicted octanol–water partition coefficient (Wildman–Crippen LogP) is 1.78. The zero-order chi connectivity index (χ0) is 14.5. The molecule has 20 heavy (non-hydrogen) atoms. The van der Waals surface area contributed by atoms with Gasteiger partial charge in [0.1, 0.15) is 0 Å². The number of rotatable bonds is 10. The maximum Gasteiger partial charge on any atom is 0.191 e. The first-order valence-electron chi connectivity index (χ1n) is 8.04. The molecule has 0 saturated carbocycles. The zero-order valence-electron chi connectivity index (χ0n) is 13.1. The van der Waals surface area contributed by atoms with Crippen LogP contribution in [0.3, 0.4) is 0 Å². The molecule has 0 amide bonds. The van der Waals surface area contributed by atoms with Crippen molar-refractivity contribution in [3.63, 3.8) is 0 Å². The van der Waals surface area contributed by atoms with Gasteiger partial charge in [0.15, 0.2) is 5.96 Å². The van der Waals surface area contributed by atoms with Gasteiger partial charge in [-0.1, -0.05) is 13.3 Å². The monoisotopic (exact) mass is 285 g/mol. The standard InChI is InChI=1S/C15H31N3O2/c1-3-5-8-17-15(16-4-2)18-9-6-10-19-12-14-7-11-20-13-14/h14H,3-13H2,1-2H3,(H2,16,17,18). The van der Waals surface area contributed by atoms with Crippen LogP contribution in [0.2, 0.25) is 0 Å². The molecular weight excluding hydrogens is 254 g/mol. The van der Waals surface area contributed by atoms with Gasteiger partial charge in [-0.25, -0.2) is 0 Å². The average Bonchev–Trinajstić information content (AvgIpc) is 2.96. The van der Waals surface area contributed by atoms with Crippen LogP contribution in [0.15, 0.2) is 4.99 Å². The van der Waals surface area contributed by atoms with Gasteiger partial charge in [0, 0.05) is 38.8 Å². The van der Waals surface area contributed by atoms with Crippen LogP contribution in [-0.2, 0) is 9.47 Å². The first-order chi connectivity index (χ1) is 9.86. The molecule has 118 valence electrons. The summed E-state index contributed by atoms with van der Waals surface area (Å²) in [4.78, 5) is 4.54. The van der Waals surface area contributed by atoms with Gasteiger partial charge in [-0.05, 0) is 26.2 Å². The summed E-state index contributed by atoms with van der Waals surface area (Å²) in [5.74, 6) is 1.52. The Bertz CT molecular complexity index is 254. The van der Waals surface area contributed by atoms with Crippen molar-refractivity contribution in [3.8, 4) is 0 Å². The Labute approximate surface area is 123 Å². The highest BCUT2D eigenvalue weighted by atomic mass is 16.5. The fourth-order valence-electron chi connectivity index (χ4n) is 2.05. The largest absolute Gasteiger partial charge is 0.381 e. The molecule has 0 aromatic heterocycles. The van der Waals surface area contributed by atoms with Gasteiger partial charge < -0.3 is 20.1 Å². The molecule has 1 aliphatic heterocycles. The van der Waals surface area contributed by atoms with E-state index in [0.717, 1.165) is 64.9 Å². The molecule has 1 unspecified atom stereocenters. The molecule has 1 atom stereocenters. The molecular formula is C15H31N3O2. The lowest BCUT2D eigenvalue weighted by Gasteiger charge is -2.11. The lowest BCUT2D eigenvalue weighted by molar-refractivity contribution is 0.0893. The summed E-state index contributed by atoms with van der Waals surface area (Å²) in [6, 6.07) is 0. The van der Waals surface area contributed by atoms with Crippen molar-refractivity contribution in [2.24, 2.45) is 10.9 Å². The van der Waals surface area contributed by atoms with Crippen molar-refractivity contribution in [2.45, 2.75) is 39.5 Å².